The van der Waals surface area contributed by atoms with Gasteiger partial charge in [-0.3, -0.25) is 0 Å². The van der Waals surface area contributed by atoms with Crippen molar-refractivity contribution in [1.82, 2.24) is 9.97 Å². The van der Waals surface area contributed by atoms with Gasteiger partial charge in [-0.05, 0) is 37.5 Å². The van der Waals surface area contributed by atoms with Crippen LogP contribution in [0.4, 0.5) is 0 Å². The van der Waals surface area contributed by atoms with Crippen molar-refractivity contribution in [3.63, 3.8) is 0 Å². The number of aromatic nitrogens is 2. The Labute approximate surface area is 101 Å². The van der Waals surface area contributed by atoms with Crippen LogP contribution in [0, 0.1) is 0 Å². The highest BCUT2D eigenvalue weighted by molar-refractivity contribution is 7.99. The molecular weight excluding hydrogens is 218 g/mol. The molecule has 2 heterocycles. The van der Waals surface area contributed by atoms with Crippen molar-refractivity contribution in [2.24, 2.45) is 5.73 Å². The Morgan fingerprint density at radius 3 is 2.75 bits per heavy atom. The average molecular weight is 237 g/mol. The average Bonchev–Trinajstić information content (AvgIpc) is 2.30. The van der Waals surface area contributed by atoms with Gasteiger partial charge in [0.05, 0.1) is 5.25 Å². The van der Waals surface area contributed by atoms with Crippen molar-refractivity contribution >= 4 is 11.8 Å². The first-order valence-electron chi connectivity index (χ1n) is 5.93. The number of hydrogen-bond acceptors (Lipinski definition) is 4. The highest BCUT2D eigenvalue weighted by Crippen LogP contribution is 2.36. The van der Waals surface area contributed by atoms with E-state index in [2.05, 4.69) is 9.97 Å². The van der Waals surface area contributed by atoms with Gasteiger partial charge in [0.2, 0.25) is 0 Å². The van der Waals surface area contributed by atoms with Crippen molar-refractivity contribution < 1.29 is 0 Å². The molecule has 2 atom stereocenters. The zero-order valence-corrected chi connectivity index (χ0v) is 10.5. The highest BCUT2D eigenvalue weighted by Gasteiger charge is 2.18. The van der Waals surface area contributed by atoms with Crippen molar-refractivity contribution in [3.05, 3.63) is 23.8 Å². The summed E-state index contributed by atoms with van der Waals surface area (Å²) in [5.74, 6) is 2.24. The lowest BCUT2D eigenvalue weighted by molar-refractivity contribution is 0.658. The first kappa shape index (κ1) is 11.9. The van der Waals surface area contributed by atoms with E-state index in [1.807, 2.05) is 31.1 Å². The van der Waals surface area contributed by atoms with E-state index in [1.54, 1.807) is 0 Å². The summed E-state index contributed by atoms with van der Waals surface area (Å²) in [6, 6.07) is 0.179. The minimum absolute atomic E-state index is 0.179. The van der Waals surface area contributed by atoms with Gasteiger partial charge in [-0.25, -0.2) is 9.97 Å². The van der Waals surface area contributed by atoms with Crippen LogP contribution in [0.1, 0.15) is 42.8 Å². The molecule has 0 aliphatic carbocycles. The summed E-state index contributed by atoms with van der Waals surface area (Å²) < 4.78 is 0. The van der Waals surface area contributed by atoms with Crippen LogP contribution in [0.5, 0.6) is 0 Å². The molecule has 0 radical (unpaired) electrons. The van der Waals surface area contributed by atoms with Gasteiger partial charge in [-0.15, -0.1) is 0 Å². The van der Waals surface area contributed by atoms with Gasteiger partial charge in [0.25, 0.3) is 0 Å². The number of nitrogens with zero attached hydrogens (tertiary/aromatic N) is 2. The summed E-state index contributed by atoms with van der Waals surface area (Å²) >= 11 is 1.99. The van der Waals surface area contributed by atoms with Gasteiger partial charge in [-0.1, -0.05) is 6.42 Å². The molecule has 1 fully saturated rings. The van der Waals surface area contributed by atoms with Crippen LogP contribution in [0.2, 0.25) is 0 Å². The van der Waals surface area contributed by atoms with Crippen LogP contribution in [0.25, 0.3) is 0 Å². The summed E-state index contributed by atoms with van der Waals surface area (Å²) in [5.41, 5.74) is 6.88. The molecule has 1 aliphatic heterocycles. The van der Waals surface area contributed by atoms with E-state index in [1.165, 1.54) is 25.0 Å². The van der Waals surface area contributed by atoms with Crippen molar-refractivity contribution in [3.8, 4) is 0 Å². The maximum absolute atomic E-state index is 5.75. The molecule has 4 heteroatoms. The van der Waals surface area contributed by atoms with E-state index in [0.29, 0.717) is 5.25 Å². The Hall–Kier alpha value is -0.610. The molecule has 1 aromatic rings. The van der Waals surface area contributed by atoms with E-state index in [-0.39, 0.29) is 6.04 Å². The van der Waals surface area contributed by atoms with E-state index < -0.39 is 0 Å². The monoisotopic (exact) mass is 237 g/mol. The zero-order valence-electron chi connectivity index (χ0n) is 9.72. The molecule has 0 amide bonds. The second-order valence-corrected chi connectivity index (χ2v) is 5.80. The molecule has 2 unspecified atom stereocenters. The van der Waals surface area contributed by atoms with Crippen molar-refractivity contribution in [2.45, 2.75) is 43.9 Å². The predicted molar refractivity (Wildman–Crippen MR) is 68.4 cm³/mol. The molecule has 0 bridgehead atoms. The minimum Gasteiger partial charge on any atom is -0.328 e. The second-order valence-electron chi connectivity index (χ2n) is 4.49. The fourth-order valence-electron chi connectivity index (χ4n) is 1.95. The predicted octanol–water partition coefficient (Wildman–Crippen LogP) is 2.32. The highest BCUT2D eigenvalue weighted by atomic mass is 32.2. The lowest BCUT2D eigenvalue weighted by atomic mass is 10.1. The van der Waals surface area contributed by atoms with Crippen LogP contribution in [-0.2, 0) is 6.42 Å². The van der Waals surface area contributed by atoms with Gasteiger partial charge in [-0.2, -0.15) is 11.8 Å². The Balaban J connectivity index is 2.00. The maximum Gasteiger partial charge on any atom is 0.141 e. The smallest absolute Gasteiger partial charge is 0.141 e. The number of rotatable bonds is 3. The zero-order chi connectivity index (χ0) is 11.4. The second kappa shape index (κ2) is 5.64. The molecule has 2 rings (SSSR count). The normalized spacial score (nSPS) is 23.0. The lowest BCUT2D eigenvalue weighted by Crippen LogP contribution is -2.18. The van der Waals surface area contributed by atoms with Crippen molar-refractivity contribution in [2.75, 3.05) is 5.75 Å². The third-order valence-electron chi connectivity index (χ3n) is 2.75. The quantitative estimate of drug-likeness (QED) is 0.876. The van der Waals surface area contributed by atoms with Crippen LogP contribution in [0.15, 0.2) is 12.4 Å². The fraction of sp³-hybridized carbons (Fsp3) is 0.667. The molecule has 2 N–H and O–H groups in total. The van der Waals surface area contributed by atoms with Gasteiger partial charge >= 0.3 is 0 Å². The fourth-order valence-corrected chi connectivity index (χ4v) is 3.21. The van der Waals surface area contributed by atoms with E-state index >= 15 is 0 Å². The van der Waals surface area contributed by atoms with Crippen molar-refractivity contribution in [1.29, 1.82) is 0 Å². The first-order valence-corrected chi connectivity index (χ1v) is 6.98. The summed E-state index contributed by atoms with van der Waals surface area (Å²) in [7, 11) is 0. The van der Waals surface area contributed by atoms with E-state index in [4.69, 9.17) is 5.73 Å². The standard InChI is InChI=1S/C12H19N3S/c1-9(13)6-10-7-14-12(15-8-10)11-4-2-3-5-16-11/h7-9,11H,2-6,13H2,1H3. The van der Waals surface area contributed by atoms with Gasteiger partial charge in [0.1, 0.15) is 5.82 Å². The molecule has 0 spiro atoms. The minimum atomic E-state index is 0.179. The van der Waals surface area contributed by atoms with Crippen LogP contribution in [0.3, 0.4) is 0 Å². The van der Waals surface area contributed by atoms with E-state index in [0.717, 1.165) is 17.8 Å². The largest absolute Gasteiger partial charge is 0.328 e. The molecule has 0 saturated carbocycles. The third-order valence-corrected chi connectivity index (χ3v) is 4.12. The SMILES string of the molecule is CC(N)Cc1cnc(C2CCCCS2)nc1. The molecular formula is C12H19N3S. The van der Waals surface area contributed by atoms with Gasteiger partial charge in [0, 0.05) is 18.4 Å². The molecule has 1 aliphatic rings. The number of thioether (sulfide) groups is 1. The van der Waals surface area contributed by atoms with Crippen LogP contribution < -0.4 is 5.73 Å². The summed E-state index contributed by atoms with van der Waals surface area (Å²) in [6.07, 6.45) is 8.59. The first-order chi connectivity index (χ1) is 7.75. The summed E-state index contributed by atoms with van der Waals surface area (Å²) in [5, 5.41) is 0.512. The van der Waals surface area contributed by atoms with Crippen LogP contribution in [-0.4, -0.2) is 21.8 Å². The Morgan fingerprint density at radius 2 is 2.19 bits per heavy atom. The van der Waals surface area contributed by atoms with E-state index in [9.17, 15) is 0 Å². The number of nitrogens with two attached hydrogens (primary N) is 1. The Bertz CT molecular complexity index is 318. The van der Waals surface area contributed by atoms with Gasteiger partial charge in [0.15, 0.2) is 0 Å². The summed E-state index contributed by atoms with van der Waals surface area (Å²) in [6.45, 7) is 2.00. The molecule has 1 saturated heterocycles. The molecule has 1 aromatic heterocycles. The third kappa shape index (κ3) is 3.19. The maximum atomic E-state index is 5.75. The van der Waals surface area contributed by atoms with Gasteiger partial charge < -0.3 is 5.73 Å². The lowest BCUT2D eigenvalue weighted by Gasteiger charge is -2.19. The Morgan fingerprint density at radius 1 is 1.44 bits per heavy atom. The topological polar surface area (TPSA) is 51.8 Å². The molecule has 16 heavy (non-hydrogen) atoms. The van der Waals surface area contributed by atoms with Crippen LogP contribution >= 0.6 is 11.8 Å². The number of hydrogen-bond donors (Lipinski definition) is 1. The molecule has 88 valence electrons. The Kier molecular flexibility index (Phi) is 4.18. The summed E-state index contributed by atoms with van der Waals surface area (Å²) in [4.78, 5) is 8.94. The molecule has 3 nitrogen and oxygen atoms in total. The molecule has 0 aromatic carbocycles.